The fourth-order valence-electron chi connectivity index (χ4n) is 2.54. The van der Waals surface area contributed by atoms with Crippen molar-refractivity contribution in [2.24, 2.45) is 4.40 Å². The minimum atomic E-state index is -3.80. The van der Waals surface area contributed by atoms with Crippen LogP contribution in [0.25, 0.3) is 0 Å². The van der Waals surface area contributed by atoms with Crippen LogP contribution in [-0.4, -0.2) is 14.1 Å². The second-order valence-corrected chi connectivity index (χ2v) is 6.93. The third kappa shape index (κ3) is 3.42. The van der Waals surface area contributed by atoms with E-state index < -0.39 is 10.0 Å². The van der Waals surface area contributed by atoms with E-state index in [9.17, 15) is 12.8 Å². The molecule has 0 radical (unpaired) electrons. The van der Waals surface area contributed by atoms with Crippen LogP contribution >= 0.6 is 0 Å². The lowest BCUT2D eigenvalue weighted by Crippen LogP contribution is -2.07. The van der Waals surface area contributed by atoms with Crippen molar-refractivity contribution >= 4 is 15.7 Å². The van der Waals surface area contributed by atoms with Gasteiger partial charge in [0.15, 0.2) is 0 Å². The van der Waals surface area contributed by atoms with E-state index in [2.05, 4.69) is 4.40 Å². The largest absolute Gasteiger partial charge is 0.283 e. The topological polar surface area (TPSA) is 46.5 Å². The molecule has 0 fully saturated rings. The monoisotopic (exact) mass is 319 g/mol. The van der Waals surface area contributed by atoms with Crippen LogP contribution < -0.4 is 0 Å². The Balaban J connectivity index is 2.52. The standard InChI is InChI=1S/C17H18FNO2S/c1-11-9-12(2)17(13(3)10-11)22(20,21)19-14(4)15-5-7-16(18)8-6-15/h5-10H,1-4H3/b19-14+. The predicted octanol–water partition coefficient (Wildman–Crippen LogP) is 3.95. The van der Waals surface area contributed by atoms with Gasteiger partial charge in [0.2, 0.25) is 0 Å². The summed E-state index contributed by atoms with van der Waals surface area (Å²) in [6.07, 6.45) is 0. The van der Waals surface area contributed by atoms with Gasteiger partial charge in [-0.1, -0.05) is 29.8 Å². The lowest BCUT2D eigenvalue weighted by Gasteiger charge is -2.10. The Hall–Kier alpha value is -2.01. The van der Waals surface area contributed by atoms with Crippen LogP contribution in [0.5, 0.6) is 0 Å². The van der Waals surface area contributed by atoms with E-state index in [0.717, 1.165) is 5.56 Å². The van der Waals surface area contributed by atoms with Gasteiger partial charge in [-0.15, -0.1) is 0 Å². The Morgan fingerprint density at radius 3 is 2.00 bits per heavy atom. The van der Waals surface area contributed by atoms with Gasteiger partial charge >= 0.3 is 0 Å². The van der Waals surface area contributed by atoms with Crippen LogP contribution in [0.3, 0.4) is 0 Å². The van der Waals surface area contributed by atoms with Crippen molar-refractivity contribution in [1.82, 2.24) is 0 Å². The Bertz CT molecular complexity index is 814. The summed E-state index contributed by atoms with van der Waals surface area (Å²) >= 11 is 0. The Morgan fingerprint density at radius 2 is 1.50 bits per heavy atom. The number of hydrogen-bond acceptors (Lipinski definition) is 2. The molecule has 0 aromatic heterocycles. The zero-order valence-electron chi connectivity index (χ0n) is 13.0. The highest BCUT2D eigenvalue weighted by Gasteiger charge is 2.19. The maximum Gasteiger partial charge on any atom is 0.283 e. The molecule has 0 saturated carbocycles. The molecule has 0 unspecified atom stereocenters. The average Bonchev–Trinajstić information content (AvgIpc) is 2.36. The highest BCUT2D eigenvalue weighted by Crippen LogP contribution is 2.24. The summed E-state index contributed by atoms with van der Waals surface area (Å²) in [5.41, 5.74) is 3.27. The molecular weight excluding hydrogens is 301 g/mol. The fraction of sp³-hybridized carbons (Fsp3) is 0.235. The molecule has 0 saturated heterocycles. The van der Waals surface area contributed by atoms with Gasteiger partial charge in [0.05, 0.1) is 10.6 Å². The first-order chi connectivity index (χ1) is 10.2. The van der Waals surface area contributed by atoms with Crippen LogP contribution in [-0.2, 0) is 10.0 Å². The molecule has 3 nitrogen and oxygen atoms in total. The third-order valence-corrected chi connectivity index (χ3v) is 5.06. The van der Waals surface area contributed by atoms with Gasteiger partial charge < -0.3 is 0 Å². The lowest BCUT2D eigenvalue weighted by molar-refractivity contribution is 0.597. The summed E-state index contributed by atoms with van der Waals surface area (Å²) in [6.45, 7) is 7.04. The molecule has 0 spiro atoms. The zero-order valence-corrected chi connectivity index (χ0v) is 13.8. The molecule has 0 bridgehead atoms. The molecule has 0 aliphatic heterocycles. The second-order valence-electron chi connectivity index (χ2n) is 5.39. The van der Waals surface area contributed by atoms with E-state index in [1.165, 1.54) is 24.3 Å². The maximum absolute atomic E-state index is 12.9. The first-order valence-corrected chi connectivity index (χ1v) is 8.30. The van der Waals surface area contributed by atoms with Crippen molar-refractivity contribution in [2.45, 2.75) is 32.6 Å². The molecule has 0 heterocycles. The number of hydrogen-bond donors (Lipinski definition) is 0. The summed E-state index contributed by atoms with van der Waals surface area (Å²) in [4.78, 5) is 0.236. The fourth-order valence-corrected chi connectivity index (χ4v) is 4.03. The highest BCUT2D eigenvalue weighted by atomic mass is 32.2. The molecule has 0 aliphatic rings. The Labute approximate surface area is 130 Å². The van der Waals surface area contributed by atoms with E-state index in [0.29, 0.717) is 22.4 Å². The molecule has 0 N–H and O–H groups in total. The summed E-state index contributed by atoms with van der Waals surface area (Å²) in [5.74, 6) is -0.371. The first-order valence-electron chi connectivity index (χ1n) is 6.86. The van der Waals surface area contributed by atoms with E-state index in [1.807, 2.05) is 19.1 Å². The van der Waals surface area contributed by atoms with Crippen molar-refractivity contribution in [2.75, 3.05) is 0 Å². The van der Waals surface area contributed by atoms with Gasteiger partial charge in [-0.3, -0.25) is 0 Å². The van der Waals surface area contributed by atoms with E-state index in [-0.39, 0.29) is 10.7 Å². The van der Waals surface area contributed by atoms with Crippen molar-refractivity contribution in [3.8, 4) is 0 Å². The van der Waals surface area contributed by atoms with Crippen LogP contribution in [0, 0.1) is 26.6 Å². The number of nitrogens with zero attached hydrogens (tertiary/aromatic N) is 1. The molecule has 5 heteroatoms. The predicted molar refractivity (Wildman–Crippen MR) is 86.4 cm³/mol. The van der Waals surface area contributed by atoms with Crippen molar-refractivity contribution in [1.29, 1.82) is 0 Å². The summed E-state index contributed by atoms with van der Waals surface area (Å²) in [5, 5.41) is 0. The molecule has 2 aromatic carbocycles. The SMILES string of the molecule is C/C(=N\S(=O)(=O)c1c(C)cc(C)cc1C)c1ccc(F)cc1. The number of aryl methyl sites for hydroxylation is 3. The van der Waals surface area contributed by atoms with Crippen LogP contribution in [0.1, 0.15) is 29.2 Å². The van der Waals surface area contributed by atoms with Gasteiger partial charge in [-0.05, 0) is 56.5 Å². The molecule has 0 amide bonds. The van der Waals surface area contributed by atoms with Gasteiger partial charge in [0, 0.05) is 0 Å². The van der Waals surface area contributed by atoms with Crippen molar-refractivity contribution in [3.63, 3.8) is 0 Å². The Kier molecular flexibility index (Phi) is 4.47. The number of sulfonamides is 1. The minimum absolute atomic E-state index is 0.236. The van der Waals surface area contributed by atoms with E-state index >= 15 is 0 Å². The molecular formula is C17H18FNO2S. The Morgan fingerprint density at radius 1 is 1.00 bits per heavy atom. The third-order valence-electron chi connectivity index (χ3n) is 3.38. The molecule has 2 aromatic rings. The number of rotatable bonds is 3. The summed E-state index contributed by atoms with van der Waals surface area (Å²) in [6, 6.07) is 9.23. The van der Waals surface area contributed by atoms with Gasteiger partial charge in [-0.2, -0.15) is 12.8 Å². The van der Waals surface area contributed by atoms with Gasteiger partial charge in [-0.25, -0.2) is 4.39 Å². The van der Waals surface area contributed by atoms with Crippen molar-refractivity contribution < 1.29 is 12.8 Å². The van der Waals surface area contributed by atoms with Gasteiger partial charge in [0.25, 0.3) is 10.0 Å². The second kappa shape index (κ2) is 6.01. The van der Waals surface area contributed by atoms with E-state index in [1.54, 1.807) is 20.8 Å². The van der Waals surface area contributed by atoms with Gasteiger partial charge in [0.1, 0.15) is 5.82 Å². The quantitative estimate of drug-likeness (QED) is 0.804. The highest BCUT2D eigenvalue weighted by molar-refractivity contribution is 7.90. The average molecular weight is 319 g/mol. The normalized spacial score (nSPS) is 12.5. The summed E-state index contributed by atoms with van der Waals surface area (Å²) < 4.78 is 42.0. The molecule has 2 rings (SSSR count). The van der Waals surface area contributed by atoms with Crippen LogP contribution in [0.15, 0.2) is 45.7 Å². The van der Waals surface area contributed by atoms with E-state index in [4.69, 9.17) is 0 Å². The first kappa shape index (κ1) is 16.4. The maximum atomic E-state index is 12.9. The lowest BCUT2D eigenvalue weighted by atomic mass is 10.1. The number of halogens is 1. The van der Waals surface area contributed by atoms with Crippen LogP contribution in [0.4, 0.5) is 4.39 Å². The van der Waals surface area contributed by atoms with Crippen molar-refractivity contribution in [3.05, 3.63) is 64.5 Å². The molecule has 0 atom stereocenters. The minimum Gasteiger partial charge on any atom is -0.207 e. The zero-order chi connectivity index (χ0) is 16.5. The molecule has 22 heavy (non-hydrogen) atoms. The van der Waals surface area contributed by atoms with Crippen LogP contribution in [0.2, 0.25) is 0 Å². The number of benzene rings is 2. The summed E-state index contributed by atoms with van der Waals surface area (Å²) in [7, 11) is -3.80. The smallest absolute Gasteiger partial charge is 0.207 e. The molecule has 116 valence electrons. The molecule has 0 aliphatic carbocycles.